The van der Waals surface area contributed by atoms with Crippen molar-refractivity contribution in [2.24, 2.45) is 0 Å². The van der Waals surface area contributed by atoms with Crippen molar-refractivity contribution in [2.45, 2.75) is 43.1 Å². The molecule has 2 N–H and O–H groups in total. The standard InChI is InChI=1S/C21H26N2O4S/c1-2-20(16-7-4-3-5-8-16)21(24)23-17-10-12-19(13-11-17)28(25,26)22-15-18-9-6-14-27-18/h3-5,7-8,10-13,18,20,22H,2,6,9,14-15H2,1H3,(H,23,24)/t18-,20+/m0/s1. The Kier molecular flexibility index (Phi) is 6.83. The first kappa shape index (κ1) is 20.5. The second-order valence-electron chi connectivity index (χ2n) is 6.87. The van der Waals surface area contributed by atoms with E-state index < -0.39 is 10.0 Å². The van der Waals surface area contributed by atoms with Gasteiger partial charge in [0.05, 0.1) is 16.9 Å². The van der Waals surface area contributed by atoms with Crippen LogP contribution in [0, 0.1) is 0 Å². The maximum Gasteiger partial charge on any atom is 0.240 e. The van der Waals surface area contributed by atoms with E-state index in [0.29, 0.717) is 18.7 Å². The molecule has 1 saturated heterocycles. The lowest BCUT2D eigenvalue weighted by Crippen LogP contribution is -2.31. The van der Waals surface area contributed by atoms with E-state index in [2.05, 4.69) is 10.0 Å². The number of hydrogen-bond donors (Lipinski definition) is 2. The number of benzene rings is 2. The molecule has 2 aromatic carbocycles. The van der Waals surface area contributed by atoms with Gasteiger partial charge in [0, 0.05) is 18.8 Å². The maximum atomic E-state index is 12.6. The van der Waals surface area contributed by atoms with Gasteiger partial charge in [-0.1, -0.05) is 37.3 Å². The number of sulfonamides is 1. The molecule has 28 heavy (non-hydrogen) atoms. The molecule has 1 amide bonds. The van der Waals surface area contributed by atoms with Crippen LogP contribution in [0.5, 0.6) is 0 Å². The minimum Gasteiger partial charge on any atom is -0.377 e. The Balaban J connectivity index is 1.62. The quantitative estimate of drug-likeness (QED) is 0.710. The Morgan fingerprint density at radius 1 is 1.14 bits per heavy atom. The fraction of sp³-hybridized carbons (Fsp3) is 0.381. The smallest absolute Gasteiger partial charge is 0.240 e. The summed E-state index contributed by atoms with van der Waals surface area (Å²) in [5.41, 5.74) is 1.53. The van der Waals surface area contributed by atoms with Crippen molar-refractivity contribution < 1.29 is 17.9 Å². The Bertz CT molecular complexity index is 876. The lowest BCUT2D eigenvalue weighted by atomic mass is 9.95. The number of ether oxygens (including phenoxy) is 1. The van der Waals surface area contributed by atoms with Gasteiger partial charge in [-0.2, -0.15) is 0 Å². The van der Waals surface area contributed by atoms with Gasteiger partial charge < -0.3 is 10.1 Å². The monoisotopic (exact) mass is 402 g/mol. The van der Waals surface area contributed by atoms with E-state index in [0.717, 1.165) is 18.4 Å². The van der Waals surface area contributed by atoms with Gasteiger partial charge in [0.25, 0.3) is 0 Å². The molecule has 0 saturated carbocycles. The van der Waals surface area contributed by atoms with Crippen LogP contribution in [0.1, 0.15) is 37.7 Å². The van der Waals surface area contributed by atoms with Gasteiger partial charge in [0.1, 0.15) is 0 Å². The molecule has 1 heterocycles. The van der Waals surface area contributed by atoms with Gasteiger partial charge in [-0.25, -0.2) is 13.1 Å². The third kappa shape index (κ3) is 5.19. The number of amides is 1. The van der Waals surface area contributed by atoms with Crippen molar-refractivity contribution in [2.75, 3.05) is 18.5 Å². The molecule has 0 radical (unpaired) electrons. The maximum absolute atomic E-state index is 12.6. The normalized spacial score (nSPS) is 18.0. The number of nitrogens with one attached hydrogen (secondary N) is 2. The lowest BCUT2D eigenvalue weighted by molar-refractivity contribution is -0.117. The van der Waals surface area contributed by atoms with Crippen molar-refractivity contribution in [3.63, 3.8) is 0 Å². The molecule has 1 aliphatic heterocycles. The number of anilines is 1. The zero-order valence-electron chi connectivity index (χ0n) is 15.9. The van der Waals surface area contributed by atoms with E-state index in [-0.39, 0.29) is 29.4 Å². The average Bonchev–Trinajstić information content (AvgIpc) is 3.22. The molecule has 0 bridgehead atoms. The molecule has 1 aliphatic rings. The van der Waals surface area contributed by atoms with E-state index in [1.165, 1.54) is 12.1 Å². The van der Waals surface area contributed by atoms with Crippen molar-refractivity contribution in [1.29, 1.82) is 0 Å². The summed E-state index contributed by atoms with van der Waals surface area (Å²) >= 11 is 0. The summed E-state index contributed by atoms with van der Waals surface area (Å²) in [5.74, 6) is -0.362. The summed E-state index contributed by atoms with van der Waals surface area (Å²) in [7, 11) is -3.60. The zero-order valence-corrected chi connectivity index (χ0v) is 16.7. The highest BCUT2D eigenvalue weighted by atomic mass is 32.2. The molecule has 7 heteroatoms. The van der Waals surface area contributed by atoms with E-state index >= 15 is 0 Å². The molecular formula is C21H26N2O4S. The van der Waals surface area contributed by atoms with Crippen LogP contribution in [0.25, 0.3) is 0 Å². The van der Waals surface area contributed by atoms with Crippen LogP contribution in [0.15, 0.2) is 59.5 Å². The topological polar surface area (TPSA) is 84.5 Å². The van der Waals surface area contributed by atoms with Crippen LogP contribution in [-0.4, -0.2) is 33.6 Å². The van der Waals surface area contributed by atoms with Crippen molar-refractivity contribution in [3.05, 3.63) is 60.2 Å². The van der Waals surface area contributed by atoms with Crippen molar-refractivity contribution in [3.8, 4) is 0 Å². The van der Waals surface area contributed by atoms with Crippen LogP contribution in [0.3, 0.4) is 0 Å². The fourth-order valence-corrected chi connectivity index (χ4v) is 4.36. The van der Waals surface area contributed by atoms with Crippen molar-refractivity contribution >= 4 is 21.6 Å². The van der Waals surface area contributed by atoms with E-state index in [1.54, 1.807) is 12.1 Å². The fourth-order valence-electron chi connectivity index (χ4n) is 3.30. The minimum absolute atomic E-state index is 0.0581. The van der Waals surface area contributed by atoms with Gasteiger partial charge >= 0.3 is 0 Å². The largest absolute Gasteiger partial charge is 0.377 e. The second-order valence-corrected chi connectivity index (χ2v) is 8.64. The Morgan fingerprint density at radius 2 is 1.86 bits per heavy atom. The first-order valence-corrected chi connectivity index (χ1v) is 11.0. The first-order chi connectivity index (χ1) is 13.5. The van der Waals surface area contributed by atoms with E-state index in [9.17, 15) is 13.2 Å². The molecular weight excluding hydrogens is 376 g/mol. The molecule has 0 aromatic heterocycles. The molecule has 3 rings (SSSR count). The zero-order chi connectivity index (χ0) is 20.0. The van der Waals surface area contributed by atoms with Crippen LogP contribution < -0.4 is 10.0 Å². The molecule has 0 spiro atoms. The van der Waals surface area contributed by atoms with E-state index in [4.69, 9.17) is 4.74 Å². The molecule has 0 unspecified atom stereocenters. The predicted octanol–water partition coefficient (Wildman–Crippen LogP) is 3.28. The Labute approximate surface area is 166 Å². The van der Waals surface area contributed by atoms with Crippen LogP contribution in [0.2, 0.25) is 0 Å². The van der Waals surface area contributed by atoms with Gasteiger partial charge in [-0.15, -0.1) is 0 Å². The molecule has 2 aromatic rings. The molecule has 1 fully saturated rings. The second kappa shape index (κ2) is 9.32. The third-order valence-electron chi connectivity index (χ3n) is 4.88. The summed E-state index contributed by atoms with van der Waals surface area (Å²) < 4.78 is 32.8. The molecule has 6 nitrogen and oxygen atoms in total. The number of carbonyl (C=O) groups is 1. The van der Waals surface area contributed by atoms with Crippen LogP contribution >= 0.6 is 0 Å². The van der Waals surface area contributed by atoms with Gasteiger partial charge in [0.2, 0.25) is 15.9 Å². The molecule has 2 atom stereocenters. The Morgan fingerprint density at radius 3 is 2.46 bits per heavy atom. The summed E-state index contributed by atoms with van der Waals surface area (Å²) in [6.07, 6.45) is 2.45. The highest BCUT2D eigenvalue weighted by Crippen LogP contribution is 2.22. The summed E-state index contributed by atoms with van der Waals surface area (Å²) in [5, 5.41) is 2.87. The van der Waals surface area contributed by atoms with Gasteiger partial charge in [-0.3, -0.25) is 4.79 Å². The van der Waals surface area contributed by atoms with Crippen LogP contribution in [-0.2, 0) is 19.6 Å². The number of carbonyl (C=O) groups excluding carboxylic acids is 1. The van der Waals surface area contributed by atoms with Gasteiger partial charge in [0.15, 0.2) is 0 Å². The number of hydrogen-bond acceptors (Lipinski definition) is 4. The highest BCUT2D eigenvalue weighted by Gasteiger charge is 2.21. The lowest BCUT2D eigenvalue weighted by Gasteiger charge is -2.16. The van der Waals surface area contributed by atoms with Crippen LogP contribution in [0.4, 0.5) is 5.69 Å². The molecule has 0 aliphatic carbocycles. The first-order valence-electron chi connectivity index (χ1n) is 9.56. The predicted molar refractivity (Wildman–Crippen MR) is 109 cm³/mol. The summed E-state index contributed by atoms with van der Waals surface area (Å²) in [6.45, 7) is 2.92. The average molecular weight is 403 g/mol. The summed E-state index contributed by atoms with van der Waals surface area (Å²) in [6, 6.07) is 15.8. The third-order valence-corrected chi connectivity index (χ3v) is 6.32. The molecule has 150 valence electrons. The van der Waals surface area contributed by atoms with Crippen molar-refractivity contribution in [1.82, 2.24) is 4.72 Å². The van der Waals surface area contributed by atoms with E-state index in [1.807, 2.05) is 37.3 Å². The minimum atomic E-state index is -3.60. The number of rotatable bonds is 8. The SMILES string of the molecule is CC[C@@H](C(=O)Nc1ccc(S(=O)(=O)NC[C@@H]2CCCO2)cc1)c1ccccc1. The summed E-state index contributed by atoms with van der Waals surface area (Å²) in [4.78, 5) is 12.8. The highest BCUT2D eigenvalue weighted by molar-refractivity contribution is 7.89. The Hall–Kier alpha value is -2.22. The van der Waals surface area contributed by atoms with Gasteiger partial charge in [-0.05, 0) is 49.1 Å².